The van der Waals surface area contributed by atoms with Crippen LogP contribution in [0.4, 0.5) is 15.9 Å². The number of rotatable bonds is 4. The zero-order valence-electron chi connectivity index (χ0n) is 17.0. The minimum Gasteiger partial charge on any atom is -0.339 e. The average molecular weight is 416 g/mol. The van der Waals surface area contributed by atoms with Gasteiger partial charge in [0.2, 0.25) is 0 Å². The smallest absolute Gasteiger partial charge is 0.275 e. The summed E-state index contributed by atoms with van der Waals surface area (Å²) in [6.45, 7) is 2.67. The van der Waals surface area contributed by atoms with E-state index in [-0.39, 0.29) is 17.8 Å². The highest BCUT2D eigenvalue weighted by Crippen LogP contribution is 2.33. The van der Waals surface area contributed by atoms with E-state index in [0.717, 1.165) is 46.9 Å². The molecule has 2 N–H and O–H groups in total. The maximum Gasteiger partial charge on any atom is 0.275 e. The fourth-order valence-corrected chi connectivity index (χ4v) is 4.02. The number of amides is 1. The molecule has 8 heteroatoms. The van der Waals surface area contributed by atoms with Crippen molar-refractivity contribution < 1.29 is 9.18 Å². The number of halogens is 1. The van der Waals surface area contributed by atoms with Gasteiger partial charge in [0.05, 0.1) is 35.3 Å². The van der Waals surface area contributed by atoms with E-state index in [2.05, 4.69) is 25.5 Å². The first kappa shape index (κ1) is 19.2. The molecule has 1 aromatic carbocycles. The molecule has 7 nitrogen and oxygen atoms in total. The number of pyridine rings is 2. The maximum atomic E-state index is 13.3. The lowest BCUT2D eigenvalue weighted by atomic mass is 10.1. The monoisotopic (exact) mass is 416 g/mol. The van der Waals surface area contributed by atoms with Crippen LogP contribution in [0.3, 0.4) is 0 Å². The Bertz CT molecular complexity index is 1240. The molecule has 1 atom stereocenters. The van der Waals surface area contributed by atoms with E-state index >= 15 is 0 Å². The summed E-state index contributed by atoms with van der Waals surface area (Å²) in [5.74, 6) is 0.0676. The van der Waals surface area contributed by atoms with Crippen molar-refractivity contribution in [3.05, 3.63) is 77.6 Å². The summed E-state index contributed by atoms with van der Waals surface area (Å²) in [5.41, 5.74) is 3.97. The number of carbonyl (C=O) groups is 1. The zero-order valence-corrected chi connectivity index (χ0v) is 17.0. The molecule has 156 valence electrons. The van der Waals surface area contributed by atoms with Gasteiger partial charge in [0.25, 0.3) is 5.91 Å². The molecule has 1 aliphatic rings. The Morgan fingerprint density at radius 1 is 1.16 bits per heavy atom. The SMILES string of the molecule is Cc1ccc2[nH]nc(C(=O)N3CCCC3c3ccc(Nc4ccc(F)cn4)cn3)c2c1. The van der Waals surface area contributed by atoms with Crippen molar-refractivity contribution in [3.63, 3.8) is 0 Å². The van der Waals surface area contributed by atoms with Gasteiger partial charge in [0.1, 0.15) is 11.6 Å². The molecule has 0 saturated carbocycles. The number of H-pyrrole nitrogens is 1. The molecular weight excluding hydrogens is 395 g/mol. The molecule has 0 aliphatic carbocycles. The topological polar surface area (TPSA) is 86.8 Å². The second kappa shape index (κ2) is 7.79. The van der Waals surface area contributed by atoms with Crippen molar-refractivity contribution in [1.82, 2.24) is 25.1 Å². The van der Waals surface area contributed by atoms with Crippen LogP contribution in [-0.4, -0.2) is 37.5 Å². The lowest BCUT2D eigenvalue weighted by Crippen LogP contribution is -2.31. The summed E-state index contributed by atoms with van der Waals surface area (Å²) in [6.07, 6.45) is 4.63. The number of hydrogen-bond acceptors (Lipinski definition) is 5. The summed E-state index contributed by atoms with van der Waals surface area (Å²) in [7, 11) is 0. The minimum absolute atomic E-state index is 0.0844. The number of carbonyl (C=O) groups excluding carboxylic acids is 1. The number of benzene rings is 1. The van der Waals surface area contributed by atoms with Crippen molar-refractivity contribution in [2.24, 2.45) is 0 Å². The van der Waals surface area contributed by atoms with E-state index in [1.165, 1.54) is 6.07 Å². The third-order valence-electron chi connectivity index (χ3n) is 5.56. The lowest BCUT2D eigenvalue weighted by molar-refractivity contribution is 0.0729. The molecule has 1 fully saturated rings. The predicted molar refractivity (Wildman–Crippen MR) is 116 cm³/mol. The van der Waals surface area contributed by atoms with Crippen molar-refractivity contribution in [1.29, 1.82) is 0 Å². The molecule has 0 spiro atoms. The van der Waals surface area contributed by atoms with Crippen LogP contribution in [0.15, 0.2) is 54.9 Å². The molecule has 0 bridgehead atoms. The van der Waals surface area contributed by atoms with Gasteiger partial charge in [0.15, 0.2) is 5.69 Å². The first-order valence-electron chi connectivity index (χ1n) is 10.2. The van der Waals surface area contributed by atoms with Crippen molar-refractivity contribution in [2.45, 2.75) is 25.8 Å². The molecule has 1 unspecified atom stereocenters. The van der Waals surface area contributed by atoms with Crippen LogP contribution in [0.1, 0.15) is 40.6 Å². The van der Waals surface area contributed by atoms with Crippen LogP contribution >= 0.6 is 0 Å². The molecule has 5 rings (SSSR count). The summed E-state index contributed by atoms with van der Waals surface area (Å²) in [6, 6.07) is 12.5. The first-order valence-corrected chi connectivity index (χ1v) is 10.2. The Balaban J connectivity index is 1.36. The summed E-state index contributed by atoms with van der Waals surface area (Å²) >= 11 is 0. The van der Waals surface area contributed by atoms with Crippen LogP contribution in [0.25, 0.3) is 10.9 Å². The highest BCUT2D eigenvalue weighted by molar-refractivity contribution is 6.05. The molecule has 4 aromatic rings. The van der Waals surface area contributed by atoms with Crippen molar-refractivity contribution in [2.75, 3.05) is 11.9 Å². The first-order chi connectivity index (χ1) is 15.1. The zero-order chi connectivity index (χ0) is 21.4. The van der Waals surface area contributed by atoms with Gasteiger partial charge in [-0.1, -0.05) is 11.6 Å². The Morgan fingerprint density at radius 2 is 2.06 bits per heavy atom. The number of likely N-dealkylation sites (tertiary alicyclic amines) is 1. The van der Waals surface area contributed by atoms with E-state index in [1.807, 2.05) is 42.2 Å². The number of aryl methyl sites for hydroxylation is 1. The van der Waals surface area contributed by atoms with Crippen LogP contribution in [0.5, 0.6) is 0 Å². The Hall–Kier alpha value is -3.81. The lowest BCUT2D eigenvalue weighted by Gasteiger charge is -2.24. The largest absolute Gasteiger partial charge is 0.339 e. The second-order valence-corrected chi connectivity index (χ2v) is 7.74. The van der Waals surface area contributed by atoms with Gasteiger partial charge >= 0.3 is 0 Å². The van der Waals surface area contributed by atoms with E-state index in [9.17, 15) is 9.18 Å². The van der Waals surface area contributed by atoms with Gasteiger partial charge in [-0.05, 0) is 56.2 Å². The standard InChI is InChI=1S/C23H21FN6O/c1-14-4-7-18-17(11-14)22(29-28-18)23(31)30-10-2-3-20(30)19-8-6-16(13-25-19)27-21-9-5-15(24)12-26-21/h4-9,11-13,20H,2-3,10H2,1H3,(H,26,27)(H,28,29). The van der Waals surface area contributed by atoms with E-state index in [0.29, 0.717) is 18.1 Å². The molecule has 1 saturated heterocycles. The van der Waals surface area contributed by atoms with Crippen LogP contribution in [0.2, 0.25) is 0 Å². The van der Waals surface area contributed by atoms with Crippen molar-refractivity contribution in [3.8, 4) is 0 Å². The Labute approximate surface area is 178 Å². The third kappa shape index (κ3) is 3.72. The van der Waals surface area contributed by atoms with Gasteiger partial charge in [0, 0.05) is 11.9 Å². The van der Waals surface area contributed by atoms with E-state index in [1.54, 1.807) is 12.3 Å². The van der Waals surface area contributed by atoms with Crippen LogP contribution < -0.4 is 5.32 Å². The minimum atomic E-state index is -0.384. The molecular formula is C23H21FN6O. The van der Waals surface area contributed by atoms with E-state index < -0.39 is 0 Å². The van der Waals surface area contributed by atoms with Gasteiger partial charge in [-0.15, -0.1) is 0 Å². The number of aromatic nitrogens is 4. The number of anilines is 2. The van der Waals surface area contributed by atoms with Gasteiger partial charge in [-0.3, -0.25) is 14.9 Å². The molecule has 0 radical (unpaired) electrons. The van der Waals surface area contributed by atoms with Gasteiger partial charge in [-0.2, -0.15) is 5.10 Å². The molecule has 31 heavy (non-hydrogen) atoms. The quantitative estimate of drug-likeness (QED) is 0.511. The molecule has 1 amide bonds. The number of aromatic amines is 1. The van der Waals surface area contributed by atoms with Crippen molar-refractivity contribution >= 4 is 28.3 Å². The third-order valence-corrected chi connectivity index (χ3v) is 5.56. The van der Waals surface area contributed by atoms with Gasteiger partial charge in [-0.25, -0.2) is 9.37 Å². The van der Waals surface area contributed by atoms with Crippen LogP contribution in [0, 0.1) is 12.7 Å². The maximum absolute atomic E-state index is 13.3. The predicted octanol–water partition coefficient (Wildman–Crippen LogP) is 4.52. The average Bonchev–Trinajstić information content (AvgIpc) is 3.43. The van der Waals surface area contributed by atoms with Gasteiger partial charge < -0.3 is 10.2 Å². The number of fused-ring (bicyclic) bond motifs is 1. The number of nitrogens with zero attached hydrogens (tertiary/aromatic N) is 4. The number of hydrogen-bond donors (Lipinski definition) is 2. The highest BCUT2D eigenvalue weighted by atomic mass is 19.1. The molecule has 1 aliphatic heterocycles. The van der Waals surface area contributed by atoms with Crippen LogP contribution in [-0.2, 0) is 0 Å². The summed E-state index contributed by atoms with van der Waals surface area (Å²) in [4.78, 5) is 23.7. The number of nitrogens with one attached hydrogen (secondary N) is 2. The van der Waals surface area contributed by atoms with E-state index in [4.69, 9.17) is 0 Å². The highest BCUT2D eigenvalue weighted by Gasteiger charge is 2.33. The molecule has 4 heterocycles. The Kier molecular flexibility index (Phi) is 4.82. The fourth-order valence-electron chi connectivity index (χ4n) is 4.02. The summed E-state index contributed by atoms with van der Waals surface area (Å²) < 4.78 is 13.0. The normalized spacial score (nSPS) is 16.1. The summed E-state index contributed by atoms with van der Waals surface area (Å²) in [5, 5.41) is 11.2. The second-order valence-electron chi connectivity index (χ2n) is 7.74. The fraction of sp³-hybridized carbons (Fsp3) is 0.217. The Morgan fingerprint density at radius 3 is 2.84 bits per heavy atom. The molecule has 3 aromatic heterocycles.